The molecule has 0 spiro atoms. The van der Waals surface area contributed by atoms with Crippen molar-refractivity contribution in [2.24, 2.45) is 0 Å². The number of fused-ring (bicyclic) bond motifs is 1. The summed E-state index contributed by atoms with van der Waals surface area (Å²) in [6.07, 6.45) is 6.99. The molecule has 5 nitrogen and oxygen atoms in total. The topological polar surface area (TPSA) is 48.8 Å². The van der Waals surface area contributed by atoms with E-state index >= 15 is 0 Å². The van der Waals surface area contributed by atoms with Crippen LogP contribution in [-0.4, -0.2) is 65.8 Å². The minimum Gasteiger partial charge on any atom is -0.496 e. The molecule has 2 heterocycles. The molecular formula is C24H33N3O2. The van der Waals surface area contributed by atoms with E-state index in [0.29, 0.717) is 6.54 Å². The van der Waals surface area contributed by atoms with Crippen LogP contribution < -0.4 is 4.74 Å². The monoisotopic (exact) mass is 395 g/mol. The van der Waals surface area contributed by atoms with Crippen LogP contribution in [0.2, 0.25) is 0 Å². The SMILES string of the molecule is COc1cc2c(cc1CN1CC[C@@H](N(C)CCc3ccccn3)[C@H](O)C1)CCC2. The van der Waals surface area contributed by atoms with Gasteiger partial charge in [-0.05, 0) is 62.1 Å². The predicted octanol–water partition coefficient (Wildman–Crippen LogP) is 2.69. The van der Waals surface area contributed by atoms with Crippen molar-refractivity contribution >= 4 is 0 Å². The number of aliphatic hydroxyl groups is 1. The largest absolute Gasteiger partial charge is 0.496 e. The fraction of sp³-hybridized carbons (Fsp3) is 0.542. The number of likely N-dealkylation sites (tertiary alicyclic amines) is 1. The summed E-state index contributed by atoms with van der Waals surface area (Å²) < 4.78 is 5.67. The van der Waals surface area contributed by atoms with Crippen molar-refractivity contribution in [3.05, 3.63) is 58.9 Å². The molecule has 0 bridgehead atoms. The summed E-state index contributed by atoms with van der Waals surface area (Å²) in [4.78, 5) is 9.07. The standard InChI is InChI=1S/C24H33N3O2/c1-26(12-9-21-8-3-4-11-25-21)22-10-13-27(17-23(22)28)16-20-14-18-6-5-7-19(18)15-24(20)29-2/h3-4,8,11,14-15,22-23,28H,5-7,9-10,12-13,16-17H2,1-2H3/t22-,23-/m1/s1. The highest BCUT2D eigenvalue weighted by molar-refractivity contribution is 5.44. The normalized spacial score (nSPS) is 22.1. The molecule has 0 radical (unpaired) electrons. The van der Waals surface area contributed by atoms with Gasteiger partial charge in [0.05, 0.1) is 13.2 Å². The summed E-state index contributed by atoms with van der Waals surface area (Å²) in [6, 6.07) is 10.8. The van der Waals surface area contributed by atoms with Crippen LogP contribution in [-0.2, 0) is 25.8 Å². The summed E-state index contributed by atoms with van der Waals surface area (Å²) in [5, 5.41) is 10.8. The van der Waals surface area contributed by atoms with Gasteiger partial charge in [-0.3, -0.25) is 9.88 Å². The number of aliphatic hydroxyl groups excluding tert-OH is 1. The highest BCUT2D eigenvalue weighted by atomic mass is 16.5. The van der Waals surface area contributed by atoms with Crippen LogP contribution in [0.5, 0.6) is 5.75 Å². The third-order valence-corrected chi connectivity index (χ3v) is 6.53. The Morgan fingerprint density at radius 1 is 1.24 bits per heavy atom. The number of nitrogens with zero attached hydrogens (tertiary/aromatic N) is 3. The number of rotatable bonds is 7. The maximum Gasteiger partial charge on any atom is 0.123 e. The van der Waals surface area contributed by atoms with Crippen LogP contribution in [0.25, 0.3) is 0 Å². The van der Waals surface area contributed by atoms with Gasteiger partial charge in [0, 0.05) is 56.1 Å². The van der Waals surface area contributed by atoms with Crippen molar-refractivity contribution < 1.29 is 9.84 Å². The summed E-state index contributed by atoms with van der Waals surface area (Å²) in [5.41, 5.74) is 5.28. The fourth-order valence-electron chi connectivity index (χ4n) is 4.85. The molecule has 2 aliphatic rings. The Labute approximate surface area is 174 Å². The molecule has 5 heteroatoms. The van der Waals surface area contributed by atoms with E-state index in [0.717, 1.165) is 43.9 Å². The zero-order chi connectivity index (χ0) is 20.2. The highest BCUT2D eigenvalue weighted by Crippen LogP contribution is 2.31. The Balaban J connectivity index is 1.33. The fourth-order valence-corrected chi connectivity index (χ4v) is 4.85. The van der Waals surface area contributed by atoms with Gasteiger partial charge >= 0.3 is 0 Å². The number of benzene rings is 1. The first-order valence-electron chi connectivity index (χ1n) is 10.8. The molecule has 4 rings (SSSR count). The maximum absolute atomic E-state index is 10.8. The first kappa shape index (κ1) is 20.3. The average Bonchev–Trinajstić information content (AvgIpc) is 3.19. The van der Waals surface area contributed by atoms with E-state index in [2.05, 4.69) is 40.0 Å². The number of hydrogen-bond acceptors (Lipinski definition) is 5. The molecule has 1 aliphatic heterocycles. The summed E-state index contributed by atoms with van der Waals surface area (Å²) in [6.45, 7) is 3.46. The van der Waals surface area contributed by atoms with Crippen molar-refractivity contribution in [2.45, 2.75) is 50.8 Å². The molecule has 0 unspecified atom stereocenters. The molecule has 0 saturated carbocycles. The Morgan fingerprint density at radius 2 is 2.07 bits per heavy atom. The second-order valence-electron chi connectivity index (χ2n) is 8.50. The van der Waals surface area contributed by atoms with E-state index in [9.17, 15) is 5.11 Å². The van der Waals surface area contributed by atoms with Crippen molar-refractivity contribution in [3.63, 3.8) is 0 Å². The van der Waals surface area contributed by atoms with Gasteiger partial charge in [0.1, 0.15) is 5.75 Å². The predicted molar refractivity (Wildman–Crippen MR) is 115 cm³/mol. The lowest BCUT2D eigenvalue weighted by molar-refractivity contribution is -0.00637. The number of hydrogen-bond donors (Lipinski definition) is 1. The lowest BCUT2D eigenvalue weighted by atomic mass is 9.98. The molecule has 1 aromatic carbocycles. The molecule has 2 atom stereocenters. The molecular weight excluding hydrogens is 362 g/mol. The molecule has 29 heavy (non-hydrogen) atoms. The Kier molecular flexibility index (Phi) is 6.48. The number of aryl methyl sites for hydroxylation is 2. The highest BCUT2D eigenvalue weighted by Gasteiger charge is 2.31. The van der Waals surface area contributed by atoms with E-state index in [1.807, 2.05) is 18.3 Å². The van der Waals surface area contributed by atoms with Crippen LogP contribution in [0.4, 0.5) is 0 Å². The molecule has 1 N–H and O–H groups in total. The second kappa shape index (κ2) is 9.24. The van der Waals surface area contributed by atoms with Gasteiger partial charge in [-0.1, -0.05) is 12.1 Å². The smallest absolute Gasteiger partial charge is 0.123 e. The zero-order valence-electron chi connectivity index (χ0n) is 17.7. The third-order valence-electron chi connectivity index (χ3n) is 6.53. The Hall–Kier alpha value is -1.95. The first-order valence-corrected chi connectivity index (χ1v) is 10.8. The third kappa shape index (κ3) is 4.80. The number of pyridine rings is 1. The minimum absolute atomic E-state index is 0.205. The number of piperidine rings is 1. The zero-order valence-corrected chi connectivity index (χ0v) is 17.7. The maximum atomic E-state index is 10.8. The van der Waals surface area contributed by atoms with E-state index < -0.39 is 0 Å². The van der Waals surface area contributed by atoms with Crippen molar-refractivity contribution in [1.82, 2.24) is 14.8 Å². The molecule has 0 amide bonds. The van der Waals surface area contributed by atoms with Crippen LogP contribution in [0.1, 0.15) is 35.2 Å². The quantitative estimate of drug-likeness (QED) is 0.781. The van der Waals surface area contributed by atoms with Gasteiger partial charge in [-0.15, -0.1) is 0 Å². The van der Waals surface area contributed by atoms with Gasteiger partial charge in [0.25, 0.3) is 0 Å². The van der Waals surface area contributed by atoms with Gasteiger partial charge in [0.2, 0.25) is 0 Å². The first-order chi connectivity index (χ1) is 14.1. The van der Waals surface area contributed by atoms with Gasteiger partial charge in [-0.2, -0.15) is 0 Å². The Morgan fingerprint density at radius 3 is 2.79 bits per heavy atom. The number of ether oxygens (including phenoxy) is 1. The van der Waals surface area contributed by atoms with Crippen molar-refractivity contribution in [1.29, 1.82) is 0 Å². The average molecular weight is 396 g/mol. The number of methoxy groups -OCH3 is 1. The molecule has 1 aliphatic carbocycles. The Bertz CT molecular complexity index is 811. The van der Waals surface area contributed by atoms with Crippen molar-refractivity contribution in [2.75, 3.05) is 33.8 Å². The molecule has 1 aromatic heterocycles. The number of β-amino-alcohol motifs (C(OH)–C–C–N with tert-alkyl or cyclic N) is 1. The van der Waals surface area contributed by atoms with Gasteiger partial charge in [-0.25, -0.2) is 0 Å². The summed E-state index contributed by atoms with van der Waals surface area (Å²) in [5.74, 6) is 0.995. The van der Waals surface area contributed by atoms with Gasteiger partial charge < -0.3 is 14.7 Å². The van der Waals surface area contributed by atoms with Crippen molar-refractivity contribution in [3.8, 4) is 5.75 Å². The van der Waals surface area contributed by atoms with E-state index in [4.69, 9.17) is 4.74 Å². The van der Waals surface area contributed by atoms with Crippen LogP contribution in [0, 0.1) is 0 Å². The van der Waals surface area contributed by atoms with Crippen LogP contribution in [0.3, 0.4) is 0 Å². The molecule has 1 fully saturated rings. The lowest BCUT2D eigenvalue weighted by Gasteiger charge is -2.40. The summed E-state index contributed by atoms with van der Waals surface area (Å²) in [7, 11) is 3.88. The minimum atomic E-state index is -0.335. The molecule has 1 saturated heterocycles. The van der Waals surface area contributed by atoms with Gasteiger partial charge in [0.15, 0.2) is 0 Å². The van der Waals surface area contributed by atoms with E-state index in [-0.39, 0.29) is 12.1 Å². The molecule has 156 valence electrons. The number of aromatic nitrogens is 1. The summed E-state index contributed by atoms with van der Waals surface area (Å²) >= 11 is 0. The lowest BCUT2D eigenvalue weighted by Crippen LogP contribution is -2.53. The van der Waals surface area contributed by atoms with E-state index in [1.165, 1.54) is 36.0 Å². The van der Waals surface area contributed by atoms with Crippen LogP contribution >= 0.6 is 0 Å². The van der Waals surface area contributed by atoms with E-state index in [1.54, 1.807) is 7.11 Å². The molecule has 2 aromatic rings. The number of likely N-dealkylation sites (N-methyl/N-ethyl adjacent to an activating group) is 1. The van der Waals surface area contributed by atoms with Crippen LogP contribution in [0.15, 0.2) is 36.5 Å². The second-order valence-corrected chi connectivity index (χ2v) is 8.50.